The topological polar surface area (TPSA) is 81.7 Å². The minimum atomic E-state index is -4.94. The Morgan fingerprint density at radius 1 is 1.07 bits per heavy atom. The first kappa shape index (κ1) is 19.9. The third kappa shape index (κ3) is 4.70. The highest BCUT2D eigenvalue weighted by Gasteiger charge is 2.49. The lowest BCUT2D eigenvalue weighted by Crippen LogP contribution is -2.41. The molecule has 0 amide bonds. The first-order valence-corrected chi connectivity index (χ1v) is 9.38. The fraction of sp³-hybridized carbons (Fsp3) is 0.167. The predicted octanol–water partition coefficient (Wildman–Crippen LogP) is 2.97. The highest BCUT2D eigenvalue weighted by atomic mass is 32.2. The van der Waals surface area contributed by atoms with Crippen LogP contribution in [-0.4, -0.2) is 26.7 Å². The van der Waals surface area contributed by atoms with Crippen LogP contribution in [0.15, 0.2) is 60.2 Å². The van der Waals surface area contributed by atoms with E-state index in [9.17, 15) is 26.4 Å². The van der Waals surface area contributed by atoms with Crippen LogP contribution in [0.3, 0.4) is 0 Å². The van der Waals surface area contributed by atoms with Crippen molar-refractivity contribution in [3.05, 3.63) is 71.3 Å². The maximum atomic E-state index is 13.3. The number of alkyl halides is 3. The first-order valence-electron chi connectivity index (χ1n) is 7.97. The zero-order valence-corrected chi connectivity index (χ0v) is 15.0. The first-order chi connectivity index (χ1) is 13.2. The molecule has 1 heterocycles. The fourth-order valence-corrected chi connectivity index (χ4v) is 3.19. The summed E-state index contributed by atoms with van der Waals surface area (Å²) >= 11 is 0. The number of ether oxygens (including phenoxy) is 1. The molecule has 1 aliphatic heterocycles. The number of carbonyl (C=O) groups is 1. The van der Waals surface area contributed by atoms with Crippen LogP contribution >= 0.6 is 0 Å². The van der Waals surface area contributed by atoms with Crippen molar-refractivity contribution in [1.82, 2.24) is 4.72 Å². The standard InChI is InChI=1S/C18H14F3NO5S/c19-18(20,21)16-14(10-13-8-4-5-9-15(13)26-16)17(23)27-28(24,25)22-11-12-6-2-1-3-7-12/h1-10,16,22H,11H2. The second kappa shape index (κ2) is 7.64. The van der Waals surface area contributed by atoms with Gasteiger partial charge in [-0.2, -0.15) is 26.3 Å². The normalized spacial score (nSPS) is 16.5. The highest BCUT2D eigenvalue weighted by molar-refractivity contribution is 7.85. The maximum Gasteiger partial charge on any atom is 0.430 e. The zero-order chi connectivity index (χ0) is 20.4. The molecule has 0 aromatic heterocycles. The van der Waals surface area contributed by atoms with Crippen molar-refractivity contribution in [3.8, 4) is 5.75 Å². The quantitative estimate of drug-likeness (QED) is 0.815. The largest absolute Gasteiger partial charge is 0.475 e. The number of nitrogens with one attached hydrogen (secondary N) is 1. The summed E-state index contributed by atoms with van der Waals surface area (Å²) in [5.74, 6) is -1.75. The van der Waals surface area contributed by atoms with Crippen molar-refractivity contribution in [3.63, 3.8) is 0 Å². The van der Waals surface area contributed by atoms with E-state index in [1.54, 1.807) is 30.3 Å². The summed E-state index contributed by atoms with van der Waals surface area (Å²) in [4.78, 5) is 12.2. The van der Waals surface area contributed by atoms with Crippen molar-refractivity contribution in [2.24, 2.45) is 0 Å². The minimum Gasteiger partial charge on any atom is -0.475 e. The number of hydrogen-bond acceptors (Lipinski definition) is 5. The number of benzene rings is 2. The van der Waals surface area contributed by atoms with Crippen LogP contribution < -0.4 is 9.46 Å². The Morgan fingerprint density at radius 2 is 1.71 bits per heavy atom. The molecule has 3 rings (SSSR count). The zero-order valence-electron chi connectivity index (χ0n) is 14.1. The molecule has 1 atom stereocenters. The van der Waals surface area contributed by atoms with Gasteiger partial charge in [0.25, 0.3) is 0 Å². The van der Waals surface area contributed by atoms with Gasteiger partial charge < -0.3 is 8.92 Å². The van der Waals surface area contributed by atoms with Crippen LogP contribution in [0.1, 0.15) is 11.1 Å². The van der Waals surface area contributed by atoms with Crippen LogP contribution in [0, 0.1) is 0 Å². The Labute approximate surface area is 158 Å². The molecule has 2 aromatic carbocycles. The van der Waals surface area contributed by atoms with E-state index in [1.807, 2.05) is 4.72 Å². The van der Waals surface area contributed by atoms with E-state index >= 15 is 0 Å². The number of fused-ring (bicyclic) bond motifs is 1. The van der Waals surface area contributed by atoms with E-state index in [2.05, 4.69) is 4.18 Å². The maximum absolute atomic E-state index is 13.3. The Hall–Kier alpha value is -2.85. The molecular formula is C18H14F3NO5S. The third-order valence-corrected chi connectivity index (χ3v) is 4.64. The van der Waals surface area contributed by atoms with Crippen LogP contribution in [0.25, 0.3) is 6.08 Å². The summed E-state index contributed by atoms with van der Waals surface area (Å²) in [7, 11) is -4.64. The monoisotopic (exact) mass is 413 g/mol. The number of hydrogen-bond donors (Lipinski definition) is 1. The van der Waals surface area contributed by atoms with Crippen LogP contribution in [0.5, 0.6) is 5.75 Å². The molecule has 1 unspecified atom stereocenters. The summed E-state index contributed by atoms with van der Waals surface area (Å²) in [6.07, 6.45) is -6.68. The van der Waals surface area contributed by atoms with Crippen molar-refractivity contribution < 1.29 is 35.3 Å². The molecule has 148 valence electrons. The predicted molar refractivity (Wildman–Crippen MR) is 93.2 cm³/mol. The lowest BCUT2D eigenvalue weighted by atomic mass is 10.0. The summed E-state index contributed by atoms with van der Waals surface area (Å²) in [6, 6.07) is 14.1. The molecule has 0 radical (unpaired) electrons. The van der Waals surface area contributed by atoms with Gasteiger partial charge in [-0.25, -0.2) is 4.79 Å². The number of carbonyl (C=O) groups excluding carboxylic acids is 1. The van der Waals surface area contributed by atoms with Crippen molar-refractivity contribution >= 4 is 22.3 Å². The molecular weight excluding hydrogens is 399 g/mol. The Kier molecular flexibility index (Phi) is 5.43. The number of para-hydroxylation sites is 1. The van der Waals surface area contributed by atoms with Crippen molar-refractivity contribution in [2.45, 2.75) is 18.8 Å². The molecule has 0 saturated heterocycles. The molecule has 6 nitrogen and oxygen atoms in total. The molecule has 28 heavy (non-hydrogen) atoms. The lowest BCUT2D eigenvalue weighted by molar-refractivity contribution is -0.186. The summed E-state index contributed by atoms with van der Waals surface area (Å²) in [5, 5.41) is 0. The second-order valence-electron chi connectivity index (χ2n) is 5.81. The lowest BCUT2D eigenvalue weighted by Gasteiger charge is -2.27. The molecule has 1 aliphatic rings. The molecule has 2 aromatic rings. The fourth-order valence-electron chi connectivity index (χ4n) is 2.49. The number of rotatable bonds is 5. The third-order valence-electron chi connectivity index (χ3n) is 3.77. The van der Waals surface area contributed by atoms with Crippen molar-refractivity contribution in [1.29, 1.82) is 0 Å². The van der Waals surface area contributed by atoms with E-state index < -0.39 is 34.1 Å². The average molecular weight is 413 g/mol. The molecule has 0 fully saturated rings. The van der Waals surface area contributed by atoms with Gasteiger partial charge in [-0.15, -0.1) is 0 Å². The van der Waals surface area contributed by atoms with E-state index in [1.165, 1.54) is 24.3 Å². The van der Waals surface area contributed by atoms with Gasteiger partial charge in [0.05, 0.1) is 5.57 Å². The highest BCUT2D eigenvalue weighted by Crippen LogP contribution is 2.37. The summed E-state index contributed by atoms with van der Waals surface area (Å²) in [6.45, 7) is -0.197. The van der Waals surface area contributed by atoms with Crippen LogP contribution in [0.2, 0.25) is 0 Å². The van der Waals surface area contributed by atoms with Crippen LogP contribution in [0.4, 0.5) is 13.2 Å². The van der Waals surface area contributed by atoms with Gasteiger partial charge in [-0.1, -0.05) is 48.5 Å². The average Bonchev–Trinajstić information content (AvgIpc) is 2.65. The molecule has 10 heteroatoms. The number of halogens is 3. The second-order valence-corrected chi connectivity index (χ2v) is 7.17. The van der Waals surface area contributed by atoms with Gasteiger partial charge in [-0.3, -0.25) is 0 Å². The molecule has 0 spiro atoms. The van der Waals surface area contributed by atoms with Crippen molar-refractivity contribution in [2.75, 3.05) is 0 Å². The smallest absolute Gasteiger partial charge is 0.430 e. The van der Waals surface area contributed by atoms with E-state index in [4.69, 9.17) is 4.74 Å². The van der Waals surface area contributed by atoms with Crippen LogP contribution in [-0.2, 0) is 25.8 Å². The molecule has 0 aliphatic carbocycles. The Bertz CT molecular complexity index is 1000. The van der Waals surface area contributed by atoms with Gasteiger partial charge in [0.2, 0.25) is 6.10 Å². The SMILES string of the molecule is O=C(OS(=O)(=O)NCc1ccccc1)C1=Cc2ccccc2OC1C(F)(F)F. The van der Waals surface area contributed by atoms with Gasteiger partial charge in [-0.05, 0) is 17.7 Å². The van der Waals surface area contributed by atoms with Gasteiger partial charge in [0.15, 0.2) is 0 Å². The summed E-state index contributed by atoms with van der Waals surface area (Å²) in [5.41, 5.74) is -0.190. The van der Waals surface area contributed by atoms with Gasteiger partial charge >= 0.3 is 22.4 Å². The van der Waals surface area contributed by atoms with E-state index in [-0.39, 0.29) is 17.9 Å². The Morgan fingerprint density at radius 3 is 2.39 bits per heavy atom. The molecule has 0 bridgehead atoms. The van der Waals surface area contributed by atoms with Gasteiger partial charge in [0.1, 0.15) is 5.75 Å². The van der Waals surface area contributed by atoms with E-state index in [0.29, 0.717) is 5.56 Å². The molecule has 0 saturated carbocycles. The Balaban J connectivity index is 1.80. The molecule has 1 N–H and O–H groups in total. The van der Waals surface area contributed by atoms with Gasteiger partial charge in [0, 0.05) is 12.1 Å². The van der Waals surface area contributed by atoms with E-state index in [0.717, 1.165) is 6.08 Å². The minimum absolute atomic E-state index is 0.0774. The summed E-state index contributed by atoms with van der Waals surface area (Å²) < 4.78 is 75.0.